The van der Waals surface area contributed by atoms with Gasteiger partial charge in [-0.05, 0) is 25.2 Å². The molecule has 10 heteroatoms. The van der Waals surface area contributed by atoms with Crippen molar-refractivity contribution >= 4 is 28.9 Å². The Morgan fingerprint density at radius 2 is 1.36 bits per heavy atom. The van der Waals surface area contributed by atoms with Crippen LogP contribution >= 0.6 is 0 Å². The number of carbonyl (C=O) groups excluding carboxylic acids is 2. The lowest BCUT2D eigenvalue weighted by Crippen LogP contribution is -2.41. The number of anilines is 1. The maximum Gasteiger partial charge on any atom is 0.333 e. The molecule has 1 atom stereocenters. The third-order valence-electron chi connectivity index (χ3n) is 7.76. The number of urea groups is 1. The zero-order valence-corrected chi connectivity index (χ0v) is 26.7. The van der Waals surface area contributed by atoms with Gasteiger partial charge in [-0.15, -0.1) is 0 Å². The lowest BCUT2D eigenvalue weighted by Gasteiger charge is -2.22. The molecule has 3 amide bonds. The van der Waals surface area contributed by atoms with Gasteiger partial charge in [0.1, 0.15) is 0 Å². The minimum absolute atomic E-state index is 0.0651. The van der Waals surface area contributed by atoms with E-state index in [0.29, 0.717) is 36.7 Å². The quantitative estimate of drug-likeness (QED) is 0.0916. The van der Waals surface area contributed by atoms with Crippen molar-refractivity contribution in [3.63, 3.8) is 0 Å². The van der Waals surface area contributed by atoms with Gasteiger partial charge < -0.3 is 10.2 Å². The van der Waals surface area contributed by atoms with Crippen LogP contribution in [0.5, 0.6) is 0 Å². The van der Waals surface area contributed by atoms with Crippen molar-refractivity contribution in [2.75, 3.05) is 25.1 Å². The summed E-state index contributed by atoms with van der Waals surface area (Å²) < 4.78 is 0. The summed E-state index contributed by atoms with van der Waals surface area (Å²) in [5.74, 6) is 0.549. The number of hydrogen-bond donors (Lipinski definition) is 3. The normalized spacial score (nSPS) is 11.8. The van der Waals surface area contributed by atoms with Crippen LogP contribution in [0.25, 0.3) is 11.2 Å². The second-order valence-corrected chi connectivity index (χ2v) is 11.3. The maximum atomic E-state index is 13.7. The number of nitrogens with zero attached hydrogens (tertiary/aromatic N) is 5. The molecule has 0 aromatic carbocycles. The van der Waals surface area contributed by atoms with E-state index in [0.717, 1.165) is 51.4 Å². The van der Waals surface area contributed by atoms with Crippen molar-refractivity contribution in [2.45, 2.75) is 130 Å². The van der Waals surface area contributed by atoms with E-state index < -0.39 is 0 Å². The molecule has 2 aromatic heterocycles. The van der Waals surface area contributed by atoms with Crippen LogP contribution in [-0.4, -0.2) is 56.4 Å². The summed E-state index contributed by atoms with van der Waals surface area (Å²) in [6.07, 6.45) is 21.4. The lowest BCUT2D eigenvalue weighted by molar-refractivity contribution is 0.0737. The summed E-state index contributed by atoms with van der Waals surface area (Å²) >= 11 is 0. The molecule has 2 heterocycles. The minimum Gasteiger partial charge on any atom is -0.336 e. The number of carbonyl (C=O) groups is 2. The maximum absolute atomic E-state index is 13.7. The van der Waals surface area contributed by atoms with Crippen molar-refractivity contribution in [3.05, 3.63) is 18.2 Å². The number of unbranched alkanes of at least 4 members (excludes halogenated alkanes) is 11. The number of amides is 3. The standard InChI is InChI=1S/C32H56N8O2/c1-5-9-12-14-16-18-23-40(24-19-17-15-13-10-6-2)31(41)30-36-28-27(33-21-22-34-28)29(37-30)38-39-32(42)35-25-26(8-4)20-11-7-3/h21-22,26H,5-20,23-25H2,1-4H3,(H2,35,39,42)(H,34,36,37,38). The van der Waals surface area contributed by atoms with Gasteiger partial charge in [-0.3, -0.25) is 15.6 Å². The Morgan fingerprint density at radius 1 is 0.762 bits per heavy atom. The number of hydrazine groups is 1. The first-order chi connectivity index (χ1) is 20.5. The summed E-state index contributed by atoms with van der Waals surface area (Å²) in [5, 5.41) is 2.93. The molecule has 236 valence electrons. The first kappa shape index (κ1) is 35.2. The topological polar surface area (TPSA) is 125 Å². The summed E-state index contributed by atoms with van der Waals surface area (Å²) in [7, 11) is 0. The van der Waals surface area contributed by atoms with Gasteiger partial charge in [-0.25, -0.2) is 24.7 Å². The summed E-state index contributed by atoms with van der Waals surface area (Å²) in [5.41, 5.74) is 6.22. The fourth-order valence-corrected chi connectivity index (χ4v) is 5.01. The van der Waals surface area contributed by atoms with Gasteiger partial charge in [0, 0.05) is 32.0 Å². The van der Waals surface area contributed by atoms with E-state index in [9.17, 15) is 9.59 Å². The van der Waals surface area contributed by atoms with E-state index in [1.165, 1.54) is 51.4 Å². The second kappa shape index (κ2) is 21.6. The predicted molar refractivity (Wildman–Crippen MR) is 171 cm³/mol. The van der Waals surface area contributed by atoms with Crippen molar-refractivity contribution in [1.82, 2.24) is 35.6 Å². The molecule has 0 saturated heterocycles. The van der Waals surface area contributed by atoms with Crippen LogP contribution in [-0.2, 0) is 0 Å². The lowest BCUT2D eigenvalue weighted by atomic mass is 9.99. The van der Waals surface area contributed by atoms with E-state index in [-0.39, 0.29) is 23.6 Å². The van der Waals surface area contributed by atoms with Gasteiger partial charge >= 0.3 is 6.03 Å². The van der Waals surface area contributed by atoms with Crippen molar-refractivity contribution in [1.29, 1.82) is 0 Å². The van der Waals surface area contributed by atoms with Crippen molar-refractivity contribution in [2.24, 2.45) is 5.92 Å². The molecular weight excluding hydrogens is 528 g/mol. The predicted octanol–water partition coefficient (Wildman–Crippen LogP) is 7.43. The number of nitrogens with one attached hydrogen (secondary N) is 3. The van der Waals surface area contributed by atoms with E-state index in [4.69, 9.17) is 0 Å². The molecule has 0 fully saturated rings. The summed E-state index contributed by atoms with van der Waals surface area (Å²) in [6, 6.07) is -0.360. The van der Waals surface area contributed by atoms with Gasteiger partial charge in [-0.2, -0.15) is 0 Å². The third-order valence-corrected chi connectivity index (χ3v) is 7.76. The number of fused-ring (bicyclic) bond motifs is 1. The molecule has 10 nitrogen and oxygen atoms in total. The van der Waals surface area contributed by atoms with Crippen molar-refractivity contribution < 1.29 is 9.59 Å². The Hall–Kier alpha value is -3.04. The van der Waals surface area contributed by atoms with Crippen LogP contribution in [0.1, 0.15) is 141 Å². The molecule has 0 aliphatic rings. The molecule has 0 aliphatic heterocycles. The molecule has 0 saturated carbocycles. The fourth-order valence-electron chi connectivity index (χ4n) is 5.01. The molecule has 0 aliphatic carbocycles. The first-order valence-electron chi connectivity index (χ1n) is 16.6. The monoisotopic (exact) mass is 584 g/mol. The Balaban J connectivity index is 2.10. The zero-order valence-electron chi connectivity index (χ0n) is 26.7. The van der Waals surface area contributed by atoms with E-state index in [1.807, 2.05) is 4.90 Å². The molecular formula is C32H56N8O2. The third kappa shape index (κ3) is 13.3. The largest absolute Gasteiger partial charge is 0.336 e. The smallest absolute Gasteiger partial charge is 0.333 e. The number of aromatic nitrogens is 4. The highest BCUT2D eigenvalue weighted by molar-refractivity contribution is 5.94. The van der Waals surface area contributed by atoms with Crippen molar-refractivity contribution in [3.8, 4) is 0 Å². The SMILES string of the molecule is CCCCCCCCN(CCCCCCCC)C(=O)c1nc(NNC(=O)NCC(CC)CCCC)c2nccnc2n1. The van der Waals surface area contributed by atoms with Crippen LogP contribution in [0, 0.1) is 5.92 Å². The average molecular weight is 585 g/mol. The first-order valence-corrected chi connectivity index (χ1v) is 16.6. The molecule has 1 unspecified atom stereocenters. The van der Waals surface area contributed by atoms with Crippen LogP contribution in [0.2, 0.25) is 0 Å². The van der Waals surface area contributed by atoms with Crippen LogP contribution in [0.15, 0.2) is 12.4 Å². The van der Waals surface area contributed by atoms with Gasteiger partial charge in [0.2, 0.25) is 5.82 Å². The van der Waals surface area contributed by atoms with Gasteiger partial charge in [0.25, 0.3) is 5.91 Å². The van der Waals surface area contributed by atoms with Crippen LogP contribution in [0.3, 0.4) is 0 Å². The van der Waals surface area contributed by atoms with E-state index in [2.05, 4.69) is 63.8 Å². The Kier molecular flexibility index (Phi) is 18.1. The summed E-state index contributed by atoms with van der Waals surface area (Å²) in [4.78, 5) is 45.9. The van der Waals surface area contributed by atoms with Crippen LogP contribution in [0.4, 0.5) is 10.6 Å². The highest BCUT2D eigenvalue weighted by atomic mass is 16.2. The molecule has 42 heavy (non-hydrogen) atoms. The molecule has 2 aromatic rings. The molecule has 2 rings (SSSR count). The summed E-state index contributed by atoms with van der Waals surface area (Å²) in [6.45, 7) is 10.7. The van der Waals surface area contributed by atoms with Gasteiger partial charge in [-0.1, -0.05) is 111 Å². The second-order valence-electron chi connectivity index (χ2n) is 11.3. The highest BCUT2D eigenvalue weighted by Gasteiger charge is 2.21. The zero-order chi connectivity index (χ0) is 30.4. The number of rotatable bonds is 23. The number of hydrogen-bond acceptors (Lipinski definition) is 7. The highest BCUT2D eigenvalue weighted by Crippen LogP contribution is 2.17. The molecule has 3 N–H and O–H groups in total. The minimum atomic E-state index is -0.360. The molecule has 0 radical (unpaired) electrons. The van der Waals surface area contributed by atoms with E-state index >= 15 is 0 Å². The average Bonchev–Trinajstić information content (AvgIpc) is 3.01. The fraction of sp³-hybridized carbons (Fsp3) is 0.750. The Morgan fingerprint density at radius 3 is 1.98 bits per heavy atom. The van der Waals surface area contributed by atoms with E-state index in [1.54, 1.807) is 12.4 Å². The van der Waals surface area contributed by atoms with Gasteiger partial charge in [0.15, 0.2) is 17.0 Å². The Labute approximate surface area is 253 Å². The molecule has 0 bridgehead atoms. The molecule has 0 spiro atoms. The van der Waals surface area contributed by atoms with Crippen LogP contribution < -0.4 is 16.2 Å². The van der Waals surface area contributed by atoms with Gasteiger partial charge in [0.05, 0.1) is 0 Å². The Bertz CT molecular complexity index is 1020.